The smallest absolute Gasteiger partial charge is 0.0827 e. The Kier molecular flexibility index (Phi) is 4.87. The molecule has 18 heavy (non-hydrogen) atoms. The van der Waals surface area contributed by atoms with Crippen LogP contribution in [0.3, 0.4) is 0 Å². The number of aromatic nitrogens is 3. The molecule has 1 aromatic heterocycles. The van der Waals surface area contributed by atoms with E-state index in [2.05, 4.69) is 10.3 Å². The van der Waals surface area contributed by atoms with Crippen molar-refractivity contribution in [2.45, 2.75) is 19.4 Å². The molecule has 0 aliphatic carbocycles. The van der Waals surface area contributed by atoms with Crippen molar-refractivity contribution in [3.8, 4) is 0 Å². The second kappa shape index (κ2) is 6.41. The lowest BCUT2D eigenvalue weighted by Crippen LogP contribution is -2.00. The number of hydrogen-bond donors (Lipinski definition) is 0. The zero-order chi connectivity index (χ0) is 13.0. The standard InChI is InChI=1S/C12H12Cl3N3/c13-5-1-2-10-8-18(17-16-10)7-9-3-4-11(14)12(15)6-9/h3-4,6,8H,1-2,5,7H2. The van der Waals surface area contributed by atoms with Gasteiger partial charge in [0.05, 0.1) is 22.3 Å². The number of rotatable bonds is 5. The van der Waals surface area contributed by atoms with Crippen molar-refractivity contribution < 1.29 is 0 Å². The van der Waals surface area contributed by atoms with Crippen molar-refractivity contribution >= 4 is 34.8 Å². The van der Waals surface area contributed by atoms with Crippen LogP contribution in [0.15, 0.2) is 24.4 Å². The zero-order valence-corrected chi connectivity index (χ0v) is 11.9. The Bertz CT molecular complexity index is 525. The first-order valence-corrected chi connectivity index (χ1v) is 6.87. The molecule has 0 unspecified atom stereocenters. The number of benzene rings is 1. The van der Waals surface area contributed by atoms with Gasteiger partial charge in [-0.15, -0.1) is 16.7 Å². The summed E-state index contributed by atoms with van der Waals surface area (Å²) in [7, 11) is 0. The van der Waals surface area contributed by atoms with E-state index < -0.39 is 0 Å². The first-order valence-electron chi connectivity index (χ1n) is 5.58. The summed E-state index contributed by atoms with van der Waals surface area (Å²) in [5, 5.41) is 9.26. The molecule has 0 saturated heterocycles. The van der Waals surface area contributed by atoms with Gasteiger partial charge in [-0.3, -0.25) is 0 Å². The monoisotopic (exact) mass is 303 g/mol. The molecule has 96 valence electrons. The lowest BCUT2D eigenvalue weighted by Gasteiger charge is -2.02. The maximum atomic E-state index is 5.96. The Morgan fingerprint density at radius 3 is 2.72 bits per heavy atom. The molecule has 1 aromatic carbocycles. The van der Waals surface area contributed by atoms with Gasteiger partial charge in [-0.1, -0.05) is 34.5 Å². The number of alkyl halides is 1. The number of nitrogens with zero attached hydrogens (tertiary/aromatic N) is 3. The minimum absolute atomic E-state index is 0.552. The Labute approximate surface area is 121 Å². The van der Waals surface area contributed by atoms with Gasteiger partial charge in [-0.25, -0.2) is 4.68 Å². The summed E-state index contributed by atoms with van der Waals surface area (Å²) in [4.78, 5) is 0. The number of halogens is 3. The SMILES string of the molecule is ClCCCc1cn(Cc2ccc(Cl)c(Cl)c2)nn1. The van der Waals surface area contributed by atoms with Crippen LogP contribution >= 0.6 is 34.8 Å². The van der Waals surface area contributed by atoms with E-state index >= 15 is 0 Å². The fourth-order valence-electron chi connectivity index (χ4n) is 1.60. The van der Waals surface area contributed by atoms with Crippen LogP contribution in [0, 0.1) is 0 Å². The highest BCUT2D eigenvalue weighted by molar-refractivity contribution is 6.42. The van der Waals surface area contributed by atoms with Crippen molar-refractivity contribution in [3.05, 3.63) is 45.7 Å². The zero-order valence-electron chi connectivity index (χ0n) is 9.61. The Morgan fingerprint density at radius 2 is 2.00 bits per heavy atom. The summed E-state index contributed by atoms with van der Waals surface area (Å²) in [5.74, 6) is 0.639. The lowest BCUT2D eigenvalue weighted by atomic mass is 10.2. The molecule has 0 fully saturated rings. The second-order valence-corrected chi connectivity index (χ2v) is 5.14. The van der Waals surface area contributed by atoms with Crippen molar-refractivity contribution in [1.29, 1.82) is 0 Å². The quantitative estimate of drug-likeness (QED) is 0.787. The molecule has 0 saturated carbocycles. The second-order valence-electron chi connectivity index (χ2n) is 3.95. The Balaban J connectivity index is 2.04. The van der Waals surface area contributed by atoms with Crippen LogP contribution < -0.4 is 0 Å². The van der Waals surface area contributed by atoms with Crippen LogP contribution in [0.1, 0.15) is 17.7 Å². The minimum Gasteiger partial charge on any atom is -0.248 e. The van der Waals surface area contributed by atoms with Gasteiger partial charge in [-0.2, -0.15) is 0 Å². The van der Waals surface area contributed by atoms with E-state index in [1.807, 2.05) is 18.3 Å². The third-order valence-electron chi connectivity index (χ3n) is 2.48. The van der Waals surface area contributed by atoms with E-state index in [0.29, 0.717) is 22.5 Å². The highest BCUT2D eigenvalue weighted by atomic mass is 35.5. The van der Waals surface area contributed by atoms with Crippen LogP contribution in [0.4, 0.5) is 0 Å². The van der Waals surface area contributed by atoms with Crippen LogP contribution in [0.25, 0.3) is 0 Å². The molecule has 1 heterocycles. The molecule has 3 nitrogen and oxygen atoms in total. The molecule has 0 aliphatic rings. The lowest BCUT2D eigenvalue weighted by molar-refractivity contribution is 0.649. The molecule has 0 atom stereocenters. The van der Waals surface area contributed by atoms with Gasteiger partial charge < -0.3 is 0 Å². The van der Waals surface area contributed by atoms with Gasteiger partial charge in [0.25, 0.3) is 0 Å². The molecule has 0 amide bonds. The largest absolute Gasteiger partial charge is 0.248 e. The Hall–Kier alpha value is -0.770. The van der Waals surface area contributed by atoms with Crippen LogP contribution in [0.5, 0.6) is 0 Å². The van der Waals surface area contributed by atoms with Gasteiger partial charge in [-0.05, 0) is 30.5 Å². The summed E-state index contributed by atoms with van der Waals surface area (Å²) < 4.78 is 1.78. The maximum Gasteiger partial charge on any atom is 0.0827 e. The first-order chi connectivity index (χ1) is 8.69. The number of aryl methyl sites for hydroxylation is 1. The van der Waals surface area contributed by atoms with Gasteiger partial charge in [0.15, 0.2) is 0 Å². The third kappa shape index (κ3) is 3.61. The predicted molar refractivity (Wildman–Crippen MR) is 74.6 cm³/mol. The average Bonchev–Trinajstić information content (AvgIpc) is 2.79. The van der Waals surface area contributed by atoms with Crippen LogP contribution in [-0.4, -0.2) is 20.9 Å². The normalized spacial score (nSPS) is 10.8. The van der Waals surface area contributed by atoms with E-state index in [1.165, 1.54) is 0 Å². The summed E-state index contributed by atoms with van der Waals surface area (Å²) in [6, 6.07) is 5.54. The van der Waals surface area contributed by atoms with Gasteiger partial charge >= 0.3 is 0 Å². The van der Waals surface area contributed by atoms with Crippen LogP contribution in [-0.2, 0) is 13.0 Å². The molecule has 2 aromatic rings. The summed E-state index contributed by atoms with van der Waals surface area (Å²) in [6.45, 7) is 0.630. The van der Waals surface area contributed by atoms with Gasteiger partial charge in [0.2, 0.25) is 0 Å². The van der Waals surface area contributed by atoms with E-state index in [-0.39, 0.29) is 0 Å². The van der Waals surface area contributed by atoms with Crippen molar-refractivity contribution in [2.75, 3.05) is 5.88 Å². The highest BCUT2D eigenvalue weighted by Crippen LogP contribution is 2.22. The van der Waals surface area contributed by atoms with E-state index in [0.717, 1.165) is 24.1 Å². The molecule has 6 heteroatoms. The van der Waals surface area contributed by atoms with Gasteiger partial charge in [0, 0.05) is 12.1 Å². The Morgan fingerprint density at radius 1 is 1.17 bits per heavy atom. The van der Waals surface area contributed by atoms with Crippen molar-refractivity contribution in [3.63, 3.8) is 0 Å². The molecular formula is C12H12Cl3N3. The number of hydrogen-bond acceptors (Lipinski definition) is 2. The molecule has 0 N–H and O–H groups in total. The molecule has 0 spiro atoms. The highest BCUT2D eigenvalue weighted by Gasteiger charge is 2.03. The fourth-order valence-corrected chi connectivity index (χ4v) is 2.06. The van der Waals surface area contributed by atoms with E-state index in [1.54, 1.807) is 10.7 Å². The summed E-state index contributed by atoms with van der Waals surface area (Å²) in [5.41, 5.74) is 1.99. The molecule has 0 aliphatic heterocycles. The first kappa shape index (κ1) is 13.7. The summed E-state index contributed by atoms with van der Waals surface area (Å²) in [6.07, 6.45) is 3.69. The minimum atomic E-state index is 0.552. The molecule has 0 radical (unpaired) electrons. The van der Waals surface area contributed by atoms with Crippen molar-refractivity contribution in [2.24, 2.45) is 0 Å². The van der Waals surface area contributed by atoms with Crippen molar-refractivity contribution in [1.82, 2.24) is 15.0 Å². The predicted octanol–water partition coefficient (Wildman–Crippen LogP) is 3.80. The van der Waals surface area contributed by atoms with Gasteiger partial charge in [0.1, 0.15) is 0 Å². The van der Waals surface area contributed by atoms with E-state index in [4.69, 9.17) is 34.8 Å². The topological polar surface area (TPSA) is 30.7 Å². The molecule has 2 rings (SSSR count). The molecular weight excluding hydrogens is 293 g/mol. The maximum absolute atomic E-state index is 5.96. The average molecular weight is 305 g/mol. The van der Waals surface area contributed by atoms with E-state index in [9.17, 15) is 0 Å². The third-order valence-corrected chi connectivity index (χ3v) is 3.49. The fraction of sp³-hybridized carbons (Fsp3) is 0.333. The summed E-state index contributed by atoms with van der Waals surface area (Å²) >= 11 is 17.5. The molecule has 0 bridgehead atoms. The van der Waals surface area contributed by atoms with Crippen LogP contribution in [0.2, 0.25) is 10.0 Å².